The number of nitrogens with two attached hydrogens (primary N) is 5. The van der Waals surface area contributed by atoms with Crippen LogP contribution in [-0.2, 0) is 28.8 Å². The second-order valence-electron chi connectivity index (χ2n) is 34.0. The van der Waals surface area contributed by atoms with Gasteiger partial charge in [0.15, 0.2) is 5.78 Å². The lowest BCUT2D eigenvalue weighted by molar-refractivity contribution is -0.118. The number of pyridine rings is 5. The van der Waals surface area contributed by atoms with Crippen LogP contribution < -0.4 is 60.6 Å². The number of nitrogens with one attached hydrogen (secondary N) is 6. The number of amides is 5. The molecule has 10 aliphatic rings. The Morgan fingerprint density at radius 1 is 0.462 bits per heavy atom. The number of hydrogen-bond donors (Lipinski definition) is 11. The minimum absolute atomic E-state index is 0. The molecule has 10 aromatic rings. The van der Waals surface area contributed by atoms with Gasteiger partial charge in [0.2, 0.25) is 29.5 Å². The molecule has 9 heterocycles. The molecule has 5 aromatic carbocycles. The number of alkyl halides is 3. The van der Waals surface area contributed by atoms with E-state index in [1.165, 1.54) is 0 Å². The van der Waals surface area contributed by atoms with Crippen LogP contribution in [0.4, 0.5) is 70.7 Å². The molecule has 5 saturated carbocycles. The van der Waals surface area contributed by atoms with Crippen molar-refractivity contribution < 1.29 is 41.9 Å². The highest BCUT2D eigenvalue weighted by molar-refractivity contribution is 7.59. The number of nitrogen functional groups attached to an aromatic ring is 5. The number of rotatable bonds is 15. The first-order valence-electron chi connectivity index (χ1n) is 42.3. The molecule has 0 radical (unpaired) electrons. The number of Topliss-reactive ketones (excluding diaryl/α,β-unsaturated/α-hetero) is 1. The number of carbonyl (C=O) groups is 6. The van der Waals surface area contributed by atoms with Crippen LogP contribution in [0.1, 0.15) is 85.6 Å². The Morgan fingerprint density at radius 2 is 0.803 bits per heavy atom. The maximum absolute atomic E-state index is 13.0. The third-order valence-electron chi connectivity index (χ3n) is 24.2. The summed E-state index contributed by atoms with van der Waals surface area (Å²) in [4.78, 5) is 99.6. The lowest BCUT2D eigenvalue weighted by atomic mass is 9.90. The van der Waals surface area contributed by atoms with Crippen LogP contribution in [-0.4, -0.2) is 121 Å². The standard InChI is InChI=1S/2C21H19N5O.C20H19FN4O.C20H18FN3O2.C18H19FN4O.2H2S/c2*1-12-3-4-26(2)19(5-12)14-6-13-9-20(24-11-17(13)18(23)8-14)25-21(27)16-7-15(16)10-22;1-11-4-3-5-18(25(11)2)13-6-12-8-19(23-10-15(12)17(22)7-13)24-20(26)14-9-16(14)21;1-10-3-2-4-17(25)19(10)12-5-11-7-18(23-9-14(11)16(22)6-12)24-20(26)13-8-15(13)21;1-9-2-12(7-21-9)10-3-11-5-17(22-8-14(11)16(20)4-10)23-18(24)13-6-15(13)19;;/h2*3-6,8-9,11,15-16H,1,7,23H2,2H3,(H,24,25,27);3-8,10,14,16H,1,9,22H2,2H3,(H,23,24,26);2-3,5-7,9,13,15H,4,8,22H2,1H3,(H,23,24,26);3-5,8,12-13,15,21H,1-2,6-7,20H2,(H,22,23,24);2*1H2/t15-,16+;;14-,16+;13-,15+;12?,13-,15+;;/m1.101../s1. The van der Waals surface area contributed by atoms with Crippen LogP contribution >= 0.6 is 27.0 Å². The summed E-state index contributed by atoms with van der Waals surface area (Å²) in [6.07, 6.45) is 29.8. The molecule has 16 N–H and O–H groups in total. The Balaban J connectivity index is 0.000000132. The van der Waals surface area contributed by atoms with Gasteiger partial charge in [0.25, 0.3) is 0 Å². The van der Waals surface area contributed by atoms with Gasteiger partial charge in [-0.05, 0) is 222 Å². The van der Waals surface area contributed by atoms with E-state index in [4.69, 9.17) is 39.2 Å². The third-order valence-corrected chi connectivity index (χ3v) is 24.2. The number of fused-ring (bicyclic) bond motifs is 5. The Morgan fingerprint density at radius 3 is 1.14 bits per heavy atom. The number of hydrogen-bond acceptors (Lipinski definition) is 22. The Labute approximate surface area is 773 Å². The fourth-order valence-electron chi connectivity index (χ4n) is 16.1. The summed E-state index contributed by atoms with van der Waals surface area (Å²) in [7, 11) is 5.88. The van der Waals surface area contributed by atoms with Crippen molar-refractivity contribution >= 4 is 196 Å². The van der Waals surface area contributed by atoms with E-state index in [0.717, 1.165) is 140 Å². The first-order chi connectivity index (χ1) is 62.3. The normalized spacial score (nSPS) is 21.8. The summed E-state index contributed by atoms with van der Waals surface area (Å²) in [5.41, 5.74) is 47.0. The van der Waals surface area contributed by atoms with E-state index in [9.17, 15) is 41.9 Å². The van der Waals surface area contributed by atoms with Crippen molar-refractivity contribution in [3.63, 3.8) is 0 Å². The zero-order valence-electron chi connectivity index (χ0n) is 72.7. The van der Waals surface area contributed by atoms with Crippen LogP contribution in [0.2, 0.25) is 0 Å². The highest BCUT2D eigenvalue weighted by Crippen LogP contribution is 2.44. The van der Waals surface area contributed by atoms with E-state index >= 15 is 0 Å². The molecule has 132 heavy (non-hydrogen) atoms. The zero-order valence-corrected chi connectivity index (χ0v) is 74.7. The molecule has 27 nitrogen and oxygen atoms in total. The lowest BCUT2D eigenvalue weighted by Crippen LogP contribution is -2.16. The smallest absolute Gasteiger partial charge is 0.231 e. The van der Waals surface area contributed by atoms with E-state index in [-0.39, 0.29) is 98.8 Å². The van der Waals surface area contributed by atoms with Gasteiger partial charge in [0, 0.05) is 190 Å². The molecular formula is C100H98F3N21O6S2. The van der Waals surface area contributed by atoms with Gasteiger partial charge in [-0.25, -0.2) is 38.1 Å². The van der Waals surface area contributed by atoms with Crippen molar-refractivity contribution in [3.8, 4) is 12.1 Å². The van der Waals surface area contributed by atoms with Crippen molar-refractivity contribution in [3.05, 3.63) is 271 Å². The molecule has 11 atom stereocenters. The van der Waals surface area contributed by atoms with Gasteiger partial charge in [-0.1, -0.05) is 50.6 Å². The maximum atomic E-state index is 13.0. The van der Waals surface area contributed by atoms with Crippen molar-refractivity contribution in [1.82, 2.24) is 44.9 Å². The summed E-state index contributed by atoms with van der Waals surface area (Å²) in [6.45, 7) is 18.7. The number of halogens is 3. The largest absolute Gasteiger partial charge is 0.398 e. The Hall–Kier alpha value is -15.3. The monoisotopic (exact) mass is 1810 g/mol. The van der Waals surface area contributed by atoms with Crippen LogP contribution in [0.15, 0.2) is 243 Å². The highest BCUT2D eigenvalue weighted by atomic mass is 32.1. The Kier molecular flexibility index (Phi) is 27.1. The first kappa shape index (κ1) is 92.9. The summed E-state index contributed by atoms with van der Waals surface area (Å²) >= 11 is 0. The van der Waals surface area contributed by atoms with Crippen LogP contribution in [0.5, 0.6) is 0 Å². The van der Waals surface area contributed by atoms with Crippen LogP contribution in [0.3, 0.4) is 0 Å². The maximum Gasteiger partial charge on any atom is 0.231 e. The molecule has 1 saturated heterocycles. The van der Waals surface area contributed by atoms with Crippen molar-refractivity contribution in [2.45, 2.75) is 76.3 Å². The van der Waals surface area contributed by atoms with E-state index < -0.39 is 36.3 Å². The molecule has 32 heteroatoms. The SMILES string of the molecule is C=C1C=CC=C(c2cc(N)c3cnc(NC(=O)[C@@H]4C[C@@H]4F)cc3c2)N1C.C=C1C=CN(C)C(c2cc(N)c3cnc(NC(=O)C4CC4C#N)cc3c2)=C1.C=C1C=CN(C)C(c2cc(N)c3cnc(NC(=O)[C@H]4C[C@@H]4C#N)cc3c2)=C1.C=C1CC(c2cc(N)c3cnc(NC(=O)[C@@H]4C[C@@H]4F)cc3c2)CN1.CC1=C(c2cc(N)c3cnc(NC(=O)[C@H]4C[C@H]4F)cc3c2)C(=O)CC=C1.S.S. The molecule has 5 amide bonds. The topological polar surface area (TPSA) is 426 Å². The van der Waals surface area contributed by atoms with E-state index in [0.29, 0.717) is 94.7 Å². The predicted molar refractivity (Wildman–Crippen MR) is 526 cm³/mol. The van der Waals surface area contributed by atoms with Crippen molar-refractivity contribution in [2.24, 2.45) is 41.4 Å². The van der Waals surface area contributed by atoms with Gasteiger partial charge in [0.1, 0.15) is 47.6 Å². The number of ketones is 1. The van der Waals surface area contributed by atoms with Gasteiger partial charge >= 0.3 is 0 Å². The predicted octanol–water partition coefficient (Wildman–Crippen LogP) is 16.4. The number of carbonyl (C=O) groups excluding carboxylic acids is 6. The van der Waals surface area contributed by atoms with Gasteiger partial charge in [0.05, 0.1) is 53.6 Å². The summed E-state index contributed by atoms with van der Waals surface area (Å²) in [5.74, 6) is -1.32. The highest BCUT2D eigenvalue weighted by Gasteiger charge is 2.47. The number of aromatic nitrogens is 5. The summed E-state index contributed by atoms with van der Waals surface area (Å²) < 4.78 is 39.0. The molecule has 3 unspecified atom stereocenters. The quantitative estimate of drug-likeness (QED) is 0.0425. The fraction of sp³-hybridized carbons (Fsp3) is 0.230. The van der Waals surface area contributed by atoms with Crippen molar-refractivity contribution in [2.75, 3.05) is 82.9 Å². The van der Waals surface area contributed by atoms with E-state index in [1.807, 2.05) is 171 Å². The minimum atomic E-state index is -1.06. The van der Waals surface area contributed by atoms with Crippen molar-refractivity contribution in [1.29, 1.82) is 10.5 Å². The van der Waals surface area contributed by atoms with Crippen LogP contribution in [0.25, 0.3) is 76.5 Å². The van der Waals surface area contributed by atoms with E-state index in [2.05, 4.69) is 101 Å². The number of nitriles is 2. The molecule has 672 valence electrons. The summed E-state index contributed by atoms with van der Waals surface area (Å²) in [6, 6.07) is 32.6. The number of anilines is 10. The number of nitrogens with zero attached hydrogens (tertiary/aromatic N) is 10. The fourth-order valence-corrected chi connectivity index (χ4v) is 16.1. The van der Waals surface area contributed by atoms with Gasteiger partial charge in [-0.15, -0.1) is 0 Å². The van der Waals surface area contributed by atoms with Gasteiger partial charge in [-0.2, -0.15) is 37.5 Å². The molecular weight excluding hydrogens is 1710 g/mol. The minimum Gasteiger partial charge on any atom is -0.398 e. The zero-order chi connectivity index (χ0) is 91.9. The third kappa shape index (κ3) is 20.9. The molecule has 6 fully saturated rings. The molecule has 5 aromatic heterocycles. The average Bonchev–Trinajstić information content (AvgIpc) is 1.12. The average molecular weight is 1810 g/mol. The molecule has 4 aliphatic heterocycles. The first-order valence-corrected chi connectivity index (χ1v) is 42.3. The van der Waals surface area contributed by atoms with Crippen LogP contribution in [0, 0.1) is 64.1 Å². The molecule has 20 rings (SSSR count). The number of likely N-dealkylation sites (N-methyl/N-ethyl adjacent to an activating group) is 1. The molecule has 6 aliphatic carbocycles. The molecule has 0 spiro atoms. The second kappa shape index (κ2) is 38.6. The molecule has 0 bridgehead atoms. The number of allylic oxidation sites excluding steroid dienone is 14. The van der Waals surface area contributed by atoms with Gasteiger partial charge < -0.3 is 75.3 Å². The number of benzene rings is 5. The van der Waals surface area contributed by atoms with E-state index in [1.54, 1.807) is 55.2 Å². The lowest BCUT2D eigenvalue weighted by Gasteiger charge is -2.26. The Bertz CT molecular complexity index is 6730. The second-order valence-corrected chi connectivity index (χ2v) is 34.0. The summed E-state index contributed by atoms with van der Waals surface area (Å²) in [5, 5.41) is 43.0. The van der Waals surface area contributed by atoms with Gasteiger partial charge in [-0.3, -0.25) is 28.8 Å².